The van der Waals surface area contributed by atoms with E-state index in [1.807, 2.05) is 23.1 Å². The minimum Gasteiger partial charge on any atom is -0.493 e. The molecule has 1 N–H and O–H groups in total. The van der Waals surface area contributed by atoms with Crippen molar-refractivity contribution in [1.82, 2.24) is 4.31 Å². The third kappa shape index (κ3) is 5.60. The average Bonchev–Trinajstić information content (AvgIpc) is 2.78. The van der Waals surface area contributed by atoms with Crippen LogP contribution in [0.1, 0.15) is 5.56 Å². The summed E-state index contributed by atoms with van der Waals surface area (Å²) >= 11 is 0. The standard InChI is InChI=1S/C21H28N4O6S/c1-30-20-7-4-16(14-21(20)31-2)8-9-22-18-15-17(5-6-19(18)25(26)27)23-10-12-24(13-11-23)32(3,28)29/h4-7,14-15,22H,8-13H2,1-3H3. The molecule has 0 atom stereocenters. The van der Waals surface area contributed by atoms with Crippen molar-refractivity contribution in [1.29, 1.82) is 0 Å². The fraction of sp³-hybridized carbons (Fsp3) is 0.429. The number of nitro benzene ring substituents is 1. The summed E-state index contributed by atoms with van der Waals surface area (Å²) in [7, 11) is -0.0678. The number of piperazine rings is 1. The van der Waals surface area contributed by atoms with Gasteiger partial charge in [0.1, 0.15) is 5.69 Å². The van der Waals surface area contributed by atoms with E-state index in [0.29, 0.717) is 56.3 Å². The third-order valence-electron chi connectivity index (χ3n) is 5.43. The molecule has 2 aromatic rings. The molecule has 3 rings (SSSR count). The molecule has 0 aliphatic carbocycles. The summed E-state index contributed by atoms with van der Waals surface area (Å²) in [6, 6.07) is 10.6. The molecule has 0 aromatic heterocycles. The highest BCUT2D eigenvalue weighted by Crippen LogP contribution is 2.31. The Morgan fingerprint density at radius 2 is 1.72 bits per heavy atom. The summed E-state index contributed by atoms with van der Waals surface area (Å²) in [5.74, 6) is 1.27. The van der Waals surface area contributed by atoms with Crippen molar-refractivity contribution in [3.05, 3.63) is 52.1 Å². The van der Waals surface area contributed by atoms with Crippen LogP contribution in [0.25, 0.3) is 0 Å². The van der Waals surface area contributed by atoms with E-state index in [1.54, 1.807) is 26.4 Å². The van der Waals surface area contributed by atoms with E-state index in [4.69, 9.17) is 9.47 Å². The molecule has 0 unspecified atom stereocenters. The van der Waals surface area contributed by atoms with E-state index in [-0.39, 0.29) is 5.69 Å². The fourth-order valence-corrected chi connectivity index (χ4v) is 4.50. The molecule has 0 saturated carbocycles. The number of hydrogen-bond donors (Lipinski definition) is 1. The molecule has 1 heterocycles. The van der Waals surface area contributed by atoms with Gasteiger partial charge >= 0.3 is 0 Å². The number of ether oxygens (including phenoxy) is 2. The number of benzene rings is 2. The summed E-state index contributed by atoms with van der Waals surface area (Å²) in [6.45, 7) is 2.31. The Morgan fingerprint density at radius 1 is 1.03 bits per heavy atom. The first-order valence-electron chi connectivity index (χ1n) is 10.2. The van der Waals surface area contributed by atoms with E-state index in [0.717, 1.165) is 11.3 Å². The second-order valence-corrected chi connectivity index (χ2v) is 9.46. The molecule has 32 heavy (non-hydrogen) atoms. The highest BCUT2D eigenvalue weighted by Gasteiger charge is 2.24. The van der Waals surface area contributed by atoms with Crippen molar-refractivity contribution >= 4 is 27.1 Å². The van der Waals surface area contributed by atoms with Gasteiger partial charge in [-0.25, -0.2) is 8.42 Å². The second kappa shape index (κ2) is 10.0. The van der Waals surface area contributed by atoms with Crippen molar-refractivity contribution in [2.45, 2.75) is 6.42 Å². The van der Waals surface area contributed by atoms with Gasteiger partial charge in [0.05, 0.1) is 25.4 Å². The summed E-state index contributed by atoms with van der Waals surface area (Å²) in [5, 5.41) is 14.7. The van der Waals surface area contributed by atoms with Crippen LogP contribution in [0.5, 0.6) is 11.5 Å². The van der Waals surface area contributed by atoms with E-state index in [9.17, 15) is 18.5 Å². The van der Waals surface area contributed by atoms with Gasteiger partial charge in [0, 0.05) is 44.5 Å². The molecule has 2 aromatic carbocycles. The van der Waals surface area contributed by atoms with Crippen molar-refractivity contribution in [2.24, 2.45) is 0 Å². The van der Waals surface area contributed by atoms with Crippen LogP contribution in [-0.2, 0) is 16.4 Å². The molecule has 174 valence electrons. The van der Waals surface area contributed by atoms with Gasteiger partial charge in [-0.15, -0.1) is 0 Å². The maximum Gasteiger partial charge on any atom is 0.292 e. The lowest BCUT2D eigenvalue weighted by atomic mass is 10.1. The number of hydrogen-bond acceptors (Lipinski definition) is 8. The lowest BCUT2D eigenvalue weighted by Gasteiger charge is -2.34. The Morgan fingerprint density at radius 3 is 2.31 bits per heavy atom. The van der Waals surface area contributed by atoms with Crippen molar-refractivity contribution in [3.63, 3.8) is 0 Å². The average molecular weight is 465 g/mol. The van der Waals surface area contributed by atoms with Crippen molar-refractivity contribution < 1.29 is 22.8 Å². The van der Waals surface area contributed by atoms with Crippen molar-refractivity contribution in [3.8, 4) is 11.5 Å². The molecule has 0 spiro atoms. The number of methoxy groups -OCH3 is 2. The van der Waals surface area contributed by atoms with E-state index in [1.165, 1.54) is 16.6 Å². The van der Waals surface area contributed by atoms with Gasteiger partial charge in [-0.1, -0.05) is 6.07 Å². The zero-order valence-corrected chi connectivity index (χ0v) is 19.2. The van der Waals surface area contributed by atoms with Crippen LogP contribution in [-0.4, -0.2) is 70.8 Å². The first-order chi connectivity index (χ1) is 15.2. The van der Waals surface area contributed by atoms with Gasteiger partial charge in [0.25, 0.3) is 5.69 Å². The predicted molar refractivity (Wildman–Crippen MR) is 123 cm³/mol. The normalized spacial score (nSPS) is 14.8. The van der Waals surface area contributed by atoms with Gasteiger partial charge in [0.15, 0.2) is 11.5 Å². The number of nitrogens with one attached hydrogen (secondary N) is 1. The first kappa shape index (κ1) is 23.6. The van der Waals surface area contributed by atoms with Crippen LogP contribution in [0, 0.1) is 10.1 Å². The van der Waals surface area contributed by atoms with Gasteiger partial charge in [-0.3, -0.25) is 10.1 Å². The molecular weight excluding hydrogens is 436 g/mol. The zero-order valence-electron chi connectivity index (χ0n) is 18.4. The summed E-state index contributed by atoms with van der Waals surface area (Å²) < 4.78 is 35.5. The molecule has 11 heteroatoms. The summed E-state index contributed by atoms with van der Waals surface area (Å²) in [4.78, 5) is 13.1. The van der Waals surface area contributed by atoms with E-state index >= 15 is 0 Å². The number of nitro groups is 1. The number of anilines is 2. The largest absolute Gasteiger partial charge is 0.493 e. The van der Waals surface area contributed by atoms with Crippen LogP contribution in [0.4, 0.5) is 17.1 Å². The van der Waals surface area contributed by atoms with Gasteiger partial charge in [-0.05, 0) is 36.2 Å². The highest BCUT2D eigenvalue weighted by molar-refractivity contribution is 7.88. The SMILES string of the molecule is COc1ccc(CCNc2cc(N3CCN(S(C)(=O)=O)CC3)ccc2[N+](=O)[O-])cc1OC. The second-order valence-electron chi connectivity index (χ2n) is 7.47. The smallest absolute Gasteiger partial charge is 0.292 e. The van der Waals surface area contributed by atoms with Crippen LogP contribution in [0.2, 0.25) is 0 Å². The van der Waals surface area contributed by atoms with Crippen LogP contribution in [0.3, 0.4) is 0 Å². The van der Waals surface area contributed by atoms with Crippen molar-refractivity contribution in [2.75, 3.05) is 63.4 Å². The lowest BCUT2D eigenvalue weighted by molar-refractivity contribution is -0.383. The quantitative estimate of drug-likeness (QED) is 0.444. The molecule has 0 amide bonds. The van der Waals surface area contributed by atoms with Crippen LogP contribution >= 0.6 is 0 Å². The van der Waals surface area contributed by atoms with Crippen LogP contribution < -0.4 is 19.7 Å². The topological polar surface area (TPSA) is 114 Å². The molecule has 1 saturated heterocycles. The Bertz CT molecular complexity index is 1070. The van der Waals surface area contributed by atoms with E-state index in [2.05, 4.69) is 5.32 Å². The molecule has 1 fully saturated rings. The predicted octanol–water partition coefficient (Wildman–Crippen LogP) is 2.35. The third-order valence-corrected chi connectivity index (χ3v) is 6.73. The maximum absolute atomic E-state index is 11.7. The Kier molecular flexibility index (Phi) is 7.41. The molecule has 0 radical (unpaired) electrons. The molecule has 1 aliphatic rings. The molecule has 1 aliphatic heterocycles. The molecule has 0 bridgehead atoms. The van der Waals surface area contributed by atoms with Gasteiger partial charge in [-0.2, -0.15) is 4.31 Å². The Balaban J connectivity index is 1.70. The molecule has 10 nitrogen and oxygen atoms in total. The monoisotopic (exact) mass is 464 g/mol. The summed E-state index contributed by atoms with van der Waals surface area (Å²) in [6.07, 6.45) is 1.84. The summed E-state index contributed by atoms with van der Waals surface area (Å²) in [5.41, 5.74) is 2.25. The molecular formula is C21H28N4O6S. The highest BCUT2D eigenvalue weighted by atomic mass is 32.2. The fourth-order valence-electron chi connectivity index (χ4n) is 3.68. The maximum atomic E-state index is 11.7. The van der Waals surface area contributed by atoms with Crippen LogP contribution in [0.15, 0.2) is 36.4 Å². The number of nitrogens with zero attached hydrogens (tertiary/aromatic N) is 3. The Labute approximate surface area is 187 Å². The number of sulfonamides is 1. The minimum absolute atomic E-state index is 0.00386. The van der Waals surface area contributed by atoms with E-state index < -0.39 is 14.9 Å². The Hall–Kier alpha value is -3.05. The van der Waals surface area contributed by atoms with Gasteiger partial charge < -0.3 is 19.7 Å². The number of rotatable bonds is 9. The van der Waals surface area contributed by atoms with Gasteiger partial charge in [0.2, 0.25) is 10.0 Å². The zero-order chi connectivity index (χ0) is 23.3. The minimum atomic E-state index is -3.22. The first-order valence-corrected chi connectivity index (χ1v) is 12.0. The lowest BCUT2D eigenvalue weighted by Crippen LogP contribution is -2.48.